The van der Waals surface area contributed by atoms with Gasteiger partial charge >= 0.3 is 0 Å². The highest BCUT2D eigenvalue weighted by molar-refractivity contribution is 7.10. The van der Waals surface area contributed by atoms with E-state index < -0.39 is 0 Å². The number of aliphatic imine (C=N–C) groups is 1. The summed E-state index contributed by atoms with van der Waals surface area (Å²) in [6.45, 7) is 2.55. The van der Waals surface area contributed by atoms with Crippen LogP contribution in [0.1, 0.15) is 22.9 Å². The van der Waals surface area contributed by atoms with Crippen LogP contribution in [-0.4, -0.2) is 15.4 Å². The summed E-state index contributed by atoms with van der Waals surface area (Å²) in [5.41, 5.74) is 6.00. The highest BCUT2D eigenvalue weighted by Crippen LogP contribution is 2.37. The third-order valence-electron chi connectivity index (χ3n) is 5.22. The fourth-order valence-corrected chi connectivity index (χ4v) is 4.66. The van der Waals surface area contributed by atoms with Crippen LogP contribution in [0.5, 0.6) is 5.88 Å². The van der Waals surface area contributed by atoms with Gasteiger partial charge in [-0.1, -0.05) is 78.1 Å². The Morgan fingerprint density at radius 2 is 1.61 bits per heavy atom. The molecule has 0 bridgehead atoms. The summed E-state index contributed by atoms with van der Waals surface area (Å²) in [6, 6.07) is 28.0. The van der Waals surface area contributed by atoms with Gasteiger partial charge in [0.25, 0.3) is 0 Å². The van der Waals surface area contributed by atoms with Gasteiger partial charge in [-0.3, -0.25) is 9.56 Å². The molecule has 4 aromatic rings. The number of rotatable bonds is 4. The minimum atomic E-state index is 0.216. The Labute approximate surface area is 184 Å². The quantitative estimate of drug-likeness (QED) is 0.418. The molecule has 3 aromatic carbocycles. The van der Waals surface area contributed by atoms with Gasteiger partial charge in [0.15, 0.2) is 4.80 Å². The Morgan fingerprint density at radius 3 is 2.39 bits per heavy atom. The zero-order valence-corrected chi connectivity index (χ0v) is 17.9. The smallest absolute Gasteiger partial charge is 0.211 e. The predicted octanol–water partition coefficient (Wildman–Crippen LogP) is 6.18. The van der Waals surface area contributed by atoms with Crippen LogP contribution in [0.4, 0.5) is 11.4 Å². The number of thiazole rings is 1. The monoisotopic (exact) mass is 423 g/mol. The lowest BCUT2D eigenvalue weighted by atomic mass is 10.0. The van der Waals surface area contributed by atoms with E-state index in [0.29, 0.717) is 6.54 Å². The van der Waals surface area contributed by atoms with Gasteiger partial charge in [-0.05, 0) is 36.8 Å². The van der Waals surface area contributed by atoms with Crippen molar-refractivity contribution in [1.29, 1.82) is 0 Å². The van der Waals surface area contributed by atoms with Crippen molar-refractivity contribution in [3.63, 3.8) is 0 Å². The molecule has 0 radical (unpaired) electrons. The van der Waals surface area contributed by atoms with E-state index in [1.54, 1.807) is 0 Å². The van der Waals surface area contributed by atoms with Gasteiger partial charge in [0.05, 0.1) is 22.8 Å². The van der Waals surface area contributed by atoms with Gasteiger partial charge in [-0.2, -0.15) is 0 Å². The second kappa shape index (κ2) is 8.20. The van der Waals surface area contributed by atoms with Crippen LogP contribution in [0.2, 0.25) is 0 Å². The first-order chi connectivity index (χ1) is 15.2. The summed E-state index contributed by atoms with van der Waals surface area (Å²) < 4.78 is 1.87. The van der Waals surface area contributed by atoms with E-state index in [1.165, 1.54) is 11.3 Å². The Kier molecular flexibility index (Phi) is 5.10. The number of allylic oxidation sites excluding steroid dienone is 1. The van der Waals surface area contributed by atoms with Crippen LogP contribution in [0.15, 0.2) is 94.9 Å². The molecule has 5 rings (SSSR count). The number of fused-ring (bicyclic) bond motifs is 1. The molecule has 1 aliphatic heterocycles. The maximum atomic E-state index is 11.2. The number of aromatic hydroxyl groups is 1. The van der Waals surface area contributed by atoms with Crippen LogP contribution in [0.3, 0.4) is 0 Å². The van der Waals surface area contributed by atoms with E-state index in [2.05, 4.69) is 23.2 Å². The highest BCUT2D eigenvalue weighted by Gasteiger charge is 2.19. The van der Waals surface area contributed by atoms with Crippen LogP contribution in [-0.2, 0) is 6.54 Å². The summed E-state index contributed by atoms with van der Waals surface area (Å²) in [4.78, 5) is 11.0. The van der Waals surface area contributed by atoms with E-state index in [9.17, 15) is 5.11 Å². The number of hydrogen-bond acceptors (Lipinski definition) is 4. The fourth-order valence-electron chi connectivity index (χ4n) is 3.67. The minimum absolute atomic E-state index is 0.216. The number of para-hydroxylation sites is 2. The normalized spacial score (nSPS) is 14.7. The van der Waals surface area contributed by atoms with E-state index in [-0.39, 0.29) is 5.88 Å². The molecule has 0 atom stereocenters. The third kappa shape index (κ3) is 3.88. The molecule has 0 unspecified atom stereocenters. The maximum Gasteiger partial charge on any atom is 0.211 e. The average molecular weight is 424 g/mol. The number of hydrogen-bond donors (Lipinski definition) is 1. The molecule has 1 aliphatic rings. The molecule has 31 heavy (non-hydrogen) atoms. The first-order valence-electron chi connectivity index (χ1n) is 10.1. The molecule has 0 saturated heterocycles. The first kappa shape index (κ1) is 19.3. The van der Waals surface area contributed by atoms with Gasteiger partial charge in [0.1, 0.15) is 0 Å². The lowest BCUT2D eigenvalue weighted by Crippen LogP contribution is -2.14. The van der Waals surface area contributed by atoms with E-state index in [1.807, 2.05) is 84.3 Å². The predicted molar refractivity (Wildman–Crippen MR) is 128 cm³/mol. The van der Waals surface area contributed by atoms with Crippen molar-refractivity contribution in [2.24, 2.45) is 9.98 Å². The molecule has 1 N–H and O–H groups in total. The second-order valence-corrected chi connectivity index (χ2v) is 8.37. The van der Waals surface area contributed by atoms with E-state index >= 15 is 0 Å². The van der Waals surface area contributed by atoms with Crippen molar-refractivity contribution in [2.75, 3.05) is 0 Å². The lowest BCUT2D eigenvalue weighted by molar-refractivity contribution is 0.419. The zero-order valence-electron chi connectivity index (χ0n) is 17.1. The molecule has 0 saturated carbocycles. The Morgan fingerprint density at radius 1 is 0.935 bits per heavy atom. The van der Waals surface area contributed by atoms with Crippen LogP contribution < -0.4 is 4.80 Å². The van der Waals surface area contributed by atoms with Gasteiger partial charge < -0.3 is 5.11 Å². The summed E-state index contributed by atoms with van der Waals surface area (Å²) in [5, 5.41) is 11.2. The Balaban J connectivity index is 1.65. The Bertz CT molecular complexity index is 1360. The Hall–Kier alpha value is -3.70. The molecule has 0 aliphatic carbocycles. The molecule has 4 nitrogen and oxygen atoms in total. The summed E-state index contributed by atoms with van der Waals surface area (Å²) in [6.07, 6.45) is 2.02. The molecular formula is C26H21N3OS. The fraction of sp³-hybridized carbons (Fsp3) is 0.0769. The molecule has 152 valence electrons. The zero-order chi connectivity index (χ0) is 21.2. The third-order valence-corrected chi connectivity index (χ3v) is 6.23. The number of benzene rings is 3. The van der Waals surface area contributed by atoms with E-state index in [4.69, 9.17) is 4.99 Å². The summed E-state index contributed by atoms with van der Waals surface area (Å²) >= 11 is 1.48. The molecule has 0 fully saturated rings. The second-order valence-electron chi connectivity index (χ2n) is 7.36. The molecule has 2 heterocycles. The highest BCUT2D eigenvalue weighted by atomic mass is 32.1. The van der Waals surface area contributed by atoms with Gasteiger partial charge in [-0.25, -0.2) is 4.99 Å². The molecule has 0 amide bonds. The maximum absolute atomic E-state index is 11.2. The van der Waals surface area contributed by atoms with E-state index in [0.717, 1.165) is 43.5 Å². The van der Waals surface area contributed by atoms with Crippen molar-refractivity contribution in [3.8, 4) is 5.88 Å². The van der Waals surface area contributed by atoms with Gasteiger partial charge in [0, 0.05) is 16.8 Å². The molecule has 5 heteroatoms. The molecule has 0 spiro atoms. The number of nitrogens with zero attached hydrogens (tertiary/aromatic N) is 3. The standard InChI is InChI=1S/C26H21N3OS/c1-18-22(21-14-8-9-15-23(21)27-18)16-24-25(30)29(17-19-10-4-2-5-11-19)26(31-24)28-20-12-6-3-7-13-20/h2-16,30H,17H2,1H3/b22-16-,28-26?. The SMILES string of the molecule is CC1=Nc2ccccc2/C1=C\c1sc(=Nc2ccccc2)n(Cc2ccccc2)c1O. The van der Waals surface area contributed by atoms with Crippen LogP contribution in [0.25, 0.3) is 11.6 Å². The molecule has 1 aromatic heterocycles. The summed E-state index contributed by atoms with van der Waals surface area (Å²) in [5.74, 6) is 0.216. The van der Waals surface area contributed by atoms with Crippen molar-refractivity contribution in [3.05, 3.63) is 106 Å². The average Bonchev–Trinajstić information content (AvgIpc) is 3.26. The van der Waals surface area contributed by atoms with Crippen molar-refractivity contribution >= 4 is 40.1 Å². The number of aromatic nitrogens is 1. The van der Waals surface area contributed by atoms with Crippen LogP contribution >= 0.6 is 11.3 Å². The largest absolute Gasteiger partial charge is 0.493 e. The molecular weight excluding hydrogens is 402 g/mol. The topological polar surface area (TPSA) is 49.9 Å². The first-order valence-corrected chi connectivity index (χ1v) is 10.9. The minimum Gasteiger partial charge on any atom is -0.493 e. The lowest BCUT2D eigenvalue weighted by Gasteiger charge is -2.06. The van der Waals surface area contributed by atoms with Crippen LogP contribution in [0, 0.1) is 0 Å². The van der Waals surface area contributed by atoms with Gasteiger partial charge in [-0.15, -0.1) is 0 Å². The van der Waals surface area contributed by atoms with Gasteiger partial charge in [0.2, 0.25) is 5.88 Å². The van der Waals surface area contributed by atoms with Crippen molar-refractivity contribution in [1.82, 2.24) is 4.57 Å². The van der Waals surface area contributed by atoms with Crippen molar-refractivity contribution in [2.45, 2.75) is 13.5 Å². The van der Waals surface area contributed by atoms with Crippen molar-refractivity contribution < 1.29 is 5.11 Å². The summed E-state index contributed by atoms with van der Waals surface area (Å²) in [7, 11) is 0.